The molecule has 29 heavy (non-hydrogen) atoms. The number of aliphatic imine (C=N–C) groups is 1. The third-order valence-electron chi connectivity index (χ3n) is 4.08. The van der Waals surface area contributed by atoms with Crippen molar-refractivity contribution < 1.29 is 17.9 Å². The maximum absolute atomic E-state index is 12.7. The van der Waals surface area contributed by atoms with Crippen LogP contribution in [0.5, 0.6) is 0 Å². The van der Waals surface area contributed by atoms with Gasteiger partial charge < -0.3 is 16.2 Å². The third kappa shape index (κ3) is 7.55. The van der Waals surface area contributed by atoms with Crippen molar-refractivity contribution in [1.29, 1.82) is 0 Å². The molecule has 0 saturated carbocycles. The number of guanidine groups is 1. The van der Waals surface area contributed by atoms with Crippen LogP contribution >= 0.6 is 0 Å². The summed E-state index contributed by atoms with van der Waals surface area (Å²) < 4.78 is 33.1. The van der Waals surface area contributed by atoms with Gasteiger partial charge in [0.25, 0.3) is 0 Å². The standard InChI is InChI=1S/C20H26N4O4S/c1-15-9-11-17(12-10-15)29(26,27)24-18(8-5-13-23-20(21)22)19(25)28-14-16-6-3-2-4-7-16/h2-4,6-7,9-12,18,24H,5,8,13-14H2,1H3,(H4,21,22,23)/t18-/m0/s1. The highest BCUT2D eigenvalue weighted by molar-refractivity contribution is 7.89. The molecule has 0 heterocycles. The number of carbonyl (C=O) groups excluding carboxylic acids is 1. The zero-order valence-electron chi connectivity index (χ0n) is 16.2. The van der Waals surface area contributed by atoms with Crippen LogP contribution in [-0.4, -0.2) is 32.9 Å². The van der Waals surface area contributed by atoms with E-state index in [1.807, 2.05) is 37.3 Å². The van der Waals surface area contributed by atoms with Crippen LogP contribution in [0.25, 0.3) is 0 Å². The van der Waals surface area contributed by atoms with E-state index in [9.17, 15) is 13.2 Å². The van der Waals surface area contributed by atoms with Crippen molar-refractivity contribution in [2.75, 3.05) is 6.54 Å². The Morgan fingerprint density at radius 3 is 2.38 bits per heavy atom. The van der Waals surface area contributed by atoms with E-state index in [2.05, 4.69) is 9.71 Å². The number of benzene rings is 2. The molecule has 2 aromatic rings. The summed E-state index contributed by atoms with van der Waals surface area (Å²) in [4.78, 5) is 16.5. The van der Waals surface area contributed by atoms with Crippen molar-refractivity contribution in [3.8, 4) is 0 Å². The fourth-order valence-electron chi connectivity index (χ4n) is 2.53. The maximum atomic E-state index is 12.7. The van der Waals surface area contributed by atoms with Gasteiger partial charge >= 0.3 is 5.97 Å². The predicted molar refractivity (Wildman–Crippen MR) is 111 cm³/mol. The van der Waals surface area contributed by atoms with Crippen LogP contribution in [0.4, 0.5) is 0 Å². The average molecular weight is 419 g/mol. The number of aryl methyl sites for hydroxylation is 1. The normalized spacial score (nSPS) is 12.2. The van der Waals surface area contributed by atoms with Crippen LogP contribution in [0.15, 0.2) is 64.5 Å². The Kier molecular flexibility index (Phi) is 8.17. The summed E-state index contributed by atoms with van der Waals surface area (Å²) in [6.45, 7) is 2.19. The highest BCUT2D eigenvalue weighted by Crippen LogP contribution is 2.13. The summed E-state index contributed by atoms with van der Waals surface area (Å²) >= 11 is 0. The second kappa shape index (κ2) is 10.6. The highest BCUT2D eigenvalue weighted by atomic mass is 32.2. The number of ether oxygens (including phenoxy) is 1. The fourth-order valence-corrected chi connectivity index (χ4v) is 3.75. The number of rotatable bonds is 10. The lowest BCUT2D eigenvalue weighted by atomic mass is 10.1. The monoisotopic (exact) mass is 418 g/mol. The van der Waals surface area contributed by atoms with E-state index < -0.39 is 22.0 Å². The van der Waals surface area contributed by atoms with Gasteiger partial charge in [-0.15, -0.1) is 0 Å². The van der Waals surface area contributed by atoms with Crippen LogP contribution in [-0.2, 0) is 26.2 Å². The quantitative estimate of drug-likeness (QED) is 0.231. The molecule has 0 aromatic heterocycles. The first-order chi connectivity index (χ1) is 13.8. The molecular weight excluding hydrogens is 392 g/mol. The molecule has 2 rings (SSSR count). The minimum atomic E-state index is -3.89. The van der Waals surface area contributed by atoms with Gasteiger partial charge in [-0.05, 0) is 37.5 Å². The van der Waals surface area contributed by atoms with E-state index in [1.165, 1.54) is 12.1 Å². The number of esters is 1. The highest BCUT2D eigenvalue weighted by Gasteiger charge is 2.26. The number of carbonyl (C=O) groups is 1. The van der Waals surface area contributed by atoms with Gasteiger partial charge in [0, 0.05) is 6.54 Å². The smallest absolute Gasteiger partial charge is 0.324 e. The minimum absolute atomic E-state index is 0.0519. The molecule has 1 atom stereocenters. The average Bonchev–Trinajstić information content (AvgIpc) is 2.69. The molecule has 0 radical (unpaired) electrons. The first-order valence-corrected chi connectivity index (χ1v) is 10.6. The molecule has 0 unspecified atom stereocenters. The number of nitrogens with two attached hydrogens (primary N) is 2. The molecule has 0 spiro atoms. The summed E-state index contributed by atoms with van der Waals surface area (Å²) in [7, 11) is -3.89. The maximum Gasteiger partial charge on any atom is 0.324 e. The first-order valence-electron chi connectivity index (χ1n) is 9.13. The summed E-state index contributed by atoms with van der Waals surface area (Å²) in [5, 5.41) is 0. The van der Waals surface area contributed by atoms with E-state index in [4.69, 9.17) is 16.2 Å². The van der Waals surface area contributed by atoms with Crippen molar-refractivity contribution in [1.82, 2.24) is 4.72 Å². The molecule has 0 amide bonds. The van der Waals surface area contributed by atoms with Gasteiger partial charge in [-0.3, -0.25) is 9.79 Å². The number of sulfonamides is 1. The summed E-state index contributed by atoms with van der Waals surface area (Å²) in [5.41, 5.74) is 12.3. The first kappa shape index (κ1) is 22.4. The van der Waals surface area contributed by atoms with Crippen molar-refractivity contribution >= 4 is 22.0 Å². The van der Waals surface area contributed by atoms with Crippen molar-refractivity contribution in [3.63, 3.8) is 0 Å². The van der Waals surface area contributed by atoms with E-state index >= 15 is 0 Å². The fraction of sp³-hybridized carbons (Fsp3) is 0.300. The molecule has 0 aliphatic rings. The van der Waals surface area contributed by atoms with Crippen molar-refractivity contribution in [2.45, 2.75) is 37.3 Å². The van der Waals surface area contributed by atoms with E-state index in [0.29, 0.717) is 6.42 Å². The van der Waals surface area contributed by atoms with Crippen LogP contribution in [0.1, 0.15) is 24.0 Å². The Morgan fingerprint density at radius 1 is 1.10 bits per heavy atom. The Labute approximate surface area is 171 Å². The zero-order chi connectivity index (χ0) is 21.3. The van der Waals surface area contributed by atoms with Crippen LogP contribution in [0.3, 0.4) is 0 Å². The molecule has 5 N–H and O–H groups in total. The van der Waals surface area contributed by atoms with Gasteiger partial charge in [0.15, 0.2) is 5.96 Å². The van der Waals surface area contributed by atoms with Gasteiger partial charge in [0.2, 0.25) is 10.0 Å². The molecule has 8 nitrogen and oxygen atoms in total. The number of hydrogen-bond donors (Lipinski definition) is 3. The Bertz CT molecular complexity index is 925. The summed E-state index contributed by atoms with van der Waals surface area (Å²) in [5.74, 6) is -0.720. The second-order valence-corrected chi connectivity index (χ2v) is 8.24. The Morgan fingerprint density at radius 2 is 1.76 bits per heavy atom. The minimum Gasteiger partial charge on any atom is -0.460 e. The molecule has 0 bridgehead atoms. The summed E-state index contributed by atoms with van der Waals surface area (Å²) in [6.07, 6.45) is 0.592. The molecule has 0 fully saturated rings. The number of hydrogen-bond acceptors (Lipinski definition) is 5. The van der Waals surface area contributed by atoms with Gasteiger partial charge in [-0.25, -0.2) is 8.42 Å². The largest absolute Gasteiger partial charge is 0.460 e. The van der Waals surface area contributed by atoms with Gasteiger partial charge in [-0.1, -0.05) is 48.0 Å². The SMILES string of the molecule is Cc1ccc(S(=O)(=O)N[C@@H](CCCN=C(N)N)C(=O)OCc2ccccc2)cc1. The van der Waals surface area contributed by atoms with E-state index in [0.717, 1.165) is 11.1 Å². The molecular formula is C20H26N4O4S. The molecule has 0 saturated heterocycles. The van der Waals surface area contributed by atoms with Crippen molar-refractivity contribution in [2.24, 2.45) is 16.5 Å². The van der Waals surface area contributed by atoms with Gasteiger partial charge in [-0.2, -0.15) is 4.72 Å². The Balaban J connectivity index is 2.09. The molecule has 0 aliphatic heterocycles. The summed E-state index contributed by atoms with van der Waals surface area (Å²) in [6, 6.07) is 14.5. The van der Waals surface area contributed by atoms with Crippen LogP contribution in [0.2, 0.25) is 0 Å². The van der Waals surface area contributed by atoms with E-state index in [-0.39, 0.29) is 30.4 Å². The van der Waals surface area contributed by atoms with Crippen molar-refractivity contribution in [3.05, 3.63) is 65.7 Å². The van der Waals surface area contributed by atoms with Crippen LogP contribution in [0, 0.1) is 6.92 Å². The molecule has 0 aliphatic carbocycles. The van der Waals surface area contributed by atoms with E-state index in [1.54, 1.807) is 12.1 Å². The topological polar surface area (TPSA) is 137 Å². The molecule has 9 heteroatoms. The van der Waals surface area contributed by atoms with Gasteiger partial charge in [0.1, 0.15) is 12.6 Å². The second-order valence-electron chi connectivity index (χ2n) is 6.53. The lowest BCUT2D eigenvalue weighted by molar-refractivity contribution is -0.147. The lowest BCUT2D eigenvalue weighted by Gasteiger charge is -2.18. The lowest BCUT2D eigenvalue weighted by Crippen LogP contribution is -2.41. The van der Waals surface area contributed by atoms with Crippen LogP contribution < -0.4 is 16.2 Å². The number of nitrogens with one attached hydrogen (secondary N) is 1. The number of nitrogens with zero attached hydrogens (tertiary/aromatic N) is 1. The third-order valence-corrected chi connectivity index (χ3v) is 5.57. The molecule has 156 valence electrons. The van der Waals surface area contributed by atoms with Gasteiger partial charge in [0.05, 0.1) is 4.90 Å². The zero-order valence-corrected chi connectivity index (χ0v) is 17.1. The molecule has 2 aromatic carbocycles. The Hall–Kier alpha value is -2.91. The predicted octanol–water partition coefficient (Wildman–Crippen LogP) is 1.44.